The van der Waals surface area contributed by atoms with Crippen LogP contribution in [0.5, 0.6) is 5.75 Å². The van der Waals surface area contributed by atoms with E-state index >= 15 is 4.39 Å². The minimum atomic E-state index is -1.24. The number of carbonyl (C=O) groups excluding carboxylic acids is 1. The van der Waals surface area contributed by atoms with Crippen LogP contribution in [-0.2, 0) is 30.1 Å². The van der Waals surface area contributed by atoms with Gasteiger partial charge in [-0.15, -0.1) is 0 Å². The maximum absolute atomic E-state index is 15.6. The first kappa shape index (κ1) is 42.6. The van der Waals surface area contributed by atoms with Crippen LogP contribution in [0.4, 0.5) is 9.18 Å². The van der Waals surface area contributed by atoms with Crippen molar-refractivity contribution in [2.24, 2.45) is 0 Å². The zero-order chi connectivity index (χ0) is 40.0. The van der Waals surface area contributed by atoms with Crippen LogP contribution in [0.15, 0.2) is 30.3 Å². The molecule has 0 bridgehead atoms. The van der Waals surface area contributed by atoms with Crippen molar-refractivity contribution in [3.8, 4) is 16.9 Å². The molecule has 2 aromatic carbocycles. The number of nitrogens with zero attached hydrogens (tertiary/aromatic N) is 3. The molecular weight excluding hydrogens is 722 g/mol. The number of hydrogen-bond donors (Lipinski definition) is 2. The predicted octanol–water partition coefficient (Wildman–Crippen LogP) is 8.49. The number of amides is 1. The number of hydrogen-bond acceptors (Lipinski definition) is 9. The van der Waals surface area contributed by atoms with E-state index in [4.69, 9.17) is 33.5 Å². The number of ether oxygens (including phenoxy) is 6. The van der Waals surface area contributed by atoms with Crippen LogP contribution in [0.3, 0.4) is 0 Å². The monoisotopic (exact) mass is 783 g/mol. The Labute approximate surface area is 326 Å². The third-order valence-electron chi connectivity index (χ3n) is 9.93. The van der Waals surface area contributed by atoms with Gasteiger partial charge >= 0.3 is 6.09 Å². The van der Waals surface area contributed by atoms with Crippen molar-refractivity contribution in [2.45, 2.75) is 123 Å². The fraction of sp³-hybridized carbons (Fsp3) is 0.634. The van der Waals surface area contributed by atoms with E-state index < -0.39 is 37.4 Å². The second-order valence-electron chi connectivity index (χ2n) is 16.5. The standard InChI is InChI=1S/C41H62FN5O7Si/c1-10-28-24-34(51-27-49-21-22-55(7,8)9)32(42)25-31(28)29-16-17-30-33(23-29)47(36-15-13-14-20-50-36)45-37(30)38(43)44-35-26-46(39(48)54-40(4,5)6)19-18-41(35,52-11-2)53-12-3/h16-17,23-25,35-36H,10-15,18-22,26-27H2,1-9H3,(H2,43,44). The molecule has 2 N–H and O–H groups in total. The molecule has 3 heterocycles. The molecule has 2 fully saturated rings. The number of fused-ring (bicyclic) bond motifs is 1. The van der Waals surface area contributed by atoms with Crippen molar-refractivity contribution in [3.05, 3.63) is 47.4 Å². The van der Waals surface area contributed by atoms with Crippen LogP contribution in [0, 0.1) is 11.2 Å². The van der Waals surface area contributed by atoms with Crippen molar-refractivity contribution < 1.29 is 37.6 Å². The molecular formula is C41H62FN5O7Si. The van der Waals surface area contributed by atoms with E-state index in [0.29, 0.717) is 51.5 Å². The lowest BCUT2D eigenvalue weighted by Crippen LogP contribution is -2.65. The van der Waals surface area contributed by atoms with Crippen molar-refractivity contribution in [3.63, 3.8) is 0 Å². The maximum atomic E-state index is 15.6. The number of amidine groups is 1. The van der Waals surface area contributed by atoms with Crippen molar-refractivity contribution in [1.82, 2.24) is 20.0 Å². The number of likely N-dealkylation sites (tertiary alicyclic amines) is 1. The molecule has 1 amide bonds. The molecule has 12 nitrogen and oxygen atoms in total. The first-order chi connectivity index (χ1) is 26.1. The molecule has 2 saturated heterocycles. The Bertz CT molecular complexity index is 1780. The van der Waals surface area contributed by atoms with Gasteiger partial charge in [0.2, 0.25) is 0 Å². The largest absolute Gasteiger partial charge is 0.464 e. The zero-order valence-electron chi connectivity index (χ0n) is 34.3. The highest BCUT2D eigenvalue weighted by molar-refractivity contribution is 6.76. The summed E-state index contributed by atoms with van der Waals surface area (Å²) in [5.41, 5.74) is 3.03. The van der Waals surface area contributed by atoms with E-state index in [1.165, 1.54) is 6.07 Å². The Morgan fingerprint density at radius 2 is 1.85 bits per heavy atom. The first-order valence-corrected chi connectivity index (χ1v) is 23.6. The SMILES string of the molecule is CCOC1(OCC)CCN(C(=O)OC(C)(C)C)CC1NC(=N)c1nn(C2CCCCO2)c2cc(-c3cc(F)c(OCOCC[Si](C)(C)C)cc3CC)ccc12. The minimum absolute atomic E-state index is 0.00461. The van der Waals surface area contributed by atoms with Gasteiger partial charge in [-0.25, -0.2) is 13.9 Å². The highest BCUT2D eigenvalue weighted by Gasteiger charge is 2.47. The summed E-state index contributed by atoms with van der Waals surface area (Å²) in [6.07, 6.45) is 3.02. The molecule has 1 aromatic heterocycles. The lowest BCUT2D eigenvalue weighted by atomic mass is 9.95. The number of benzene rings is 2. The van der Waals surface area contributed by atoms with Gasteiger partial charge in [0.25, 0.3) is 0 Å². The van der Waals surface area contributed by atoms with Gasteiger partial charge in [-0.3, -0.25) is 5.41 Å². The zero-order valence-corrected chi connectivity index (χ0v) is 35.3. The minimum Gasteiger partial charge on any atom is -0.464 e. The smallest absolute Gasteiger partial charge is 0.410 e. The topological polar surface area (TPSA) is 129 Å². The molecule has 2 unspecified atom stereocenters. The van der Waals surface area contributed by atoms with Gasteiger partial charge in [-0.2, -0.15) is 5.10 Å². The summed E-state index contributed by atoms with van der Waals surface area (Å²) in [6.45, 7) is 20.8. The molecule has 0 aliphatic carbocycles. The maximum Gasteiger partial charge on any atom is 0.410 e. The fourth-order valence-electron chi connectivity index (χ4n) is 7.12. The van der Waals surface area contributed by atoms with E-state index in [1.807, 2.05) is 64.4 Å². The van der Waals surface area contributed by atoms with Crippen molar-refractivity contribution in [2.75, 3.05) is 46.3 Å². The Morgan fingerprint density at radius 1 is 1.11 bits per heavy atom. The first-order valence-electron chi connectivity index (χ1n) is 19.9. The second kappa shape index (κ2) is 18.1. The molecule has 2 aliphatic rings. The van der Waals surface area contributed by atoms with Crippen LogP contribution in [-0.4, -0.2) is 98.4 Å². The van der Waals surface area contributed by atoms with Crippen LogP contribution in [0.1, 0.15) is 84.7 Å². The van der Waals surface area contributed by atoms with Gasteiger partial charge in [0.1, 0.15) is 17.1 Å². The van der Waals surface area contributed by atoms with Gasteiger partial charge in [0, 0.05) is 59.4 Å². The molecule has 304 valence electrons. The van der Waals surface area contributed by atoms with E-state index in [1.54, 1.807) is 11.0 Å². The second-order valence-corrected chi connectivity index (χ2v) is 22.2. The Hall–Kier alpha value is -3.56. The van der Waals surface area contributed by atoms with Crippen LogP contribution in [0.2, 0.25) is 25.7 Å². The number of piperidine rings is 1. The van der Waals surface area contributed by atoms with Gasteiger partial charge < -0.3 is 38.6 Å². The van der Waals surface area contributed by atoms with E-state index in [0.717, 1.165) is 52.9 Å². The van der Waals surface area contributed by atoms with Crippen LogP contribution < -0.4 is 10.1 Å². The highest BCUT2D eigenvalue weighted by Crippen LogP contribution is 2.36. The van der Waals surface area contributed by atoms with E-state index in [2.05, 4.69) is 25.0 Å². The number of aromatic nitrogens is 2. The molecule has 55 heavy (non-hydrogen) atoms. The lowest BCUT2D eigenvalue weighted by Gasteiger charge is -2.47. The van der Waals surface area contributed by atoms with E-state index in [-0.39, 0.29) is 31.2 Å². The van der Waals surface area contributed by atoms with Crippen molar-refractivity contribution >= 4 is 30.9 Å². The van der Waals surface area contributed by atoms with Crippen LogP contribution in [0.25, 0.3) is 22.0 Å². The normalized spacial score (nSPS) is 19.1. The number of nitrogens with one attached hydrogen (secondary N) is 2. The fourth-order valence-corrected chi connectivity index (χ4v) is 7.87. The van der Waals surface area contributed by atoms with Crippen molar-refractivity contribution in [1.29, 1.82) is 5.41 Å². The van der Waals surface area contributed by atoms with E-state index in [9.17, 15) is 10.2 Å². The summed E-state index contributed by atoms with van der Waals surface area (Å²) in [7, 11) is -1.24. The number of rotatable bonds is 15. The summed E-state index contributed by atoms with van der Waals surface area (Å²) in [6, 6.07) is 9.57. The van der Waals surface area contributed by atoms with Gasteiger partial charge in [-0.05, 0) is 107 Å². The lowest BCUT2D eigenvalue weighted by molar-refractivity contribution is -0.263. The summed E-state index contributed by atoms with van der Waals surface area (Å²) in [5.74, 6) is -1.32. The molecule has 2 atom stereocenters. The summed E-state index contributed by atoms with van der Waals surface area (Å²) >= 11 is 0. The molecule has 0 radical (unpaired) electrons. The quantitative estimate of drug-likeness (QED) is 0.0513. The number of aryl methyl sites for hydroxylation is 1. The van der Waals surface area contributed by atoms with Crippen LogP contribution >= 0.6 is 0 Å². The molecule has 3 aromatic rings. The summed E-state index contributed by atoms with van der Waals surface area (Å²) in [5, 5.41) is 18.5. The van der Waals surface area contributed by atoms with Gasteiger partial charge in [0.05, 0.1) is 11.6 Å². The molecule has 5 rings (SSSR count). The average molecular weight is 784 g/mol. The Morgan fingerprint density at radius 3 is 2.49 bits per heavy atom. The summed E-state index contributed by atoms with van der Waals surface area (Å²) < 4.78 is 53.3. The third kappa shape index (κ3) is 10.6. The number of halogens is 1. The average Bonchev–Trinajstić information content (AvgIpc) is 3.51. The molecule has 2 aliphatic heterocycles. The van der Waals surface area contributed by atoms with Gasteiger partial charge in [-0.1, -0.05) is 32.6 Å². The van der Waals surface area contributed by atoms with Gasteiger partial charge in [0.15, 0.2) is 30.4 Å². The Kier molecular flexibility index (Phi) is 14.0. The third-order valence-corrected chi connectivity index (χ3v) is 11.6. The molecule has 14 heteroatoms. The summed E-state index contributed by atoms with van der Waals surface area (Å²) in [4.78, 5) is 14.8. The Balaban J connectivity index is 1.47. The predicted molar refractivity (Wildman–Crippen MR) is 215 cm³/mol. The highest BCUT2D eigenvalue weighted by atomic mass is 28.3. The molecule has 0 spiro atoms. The number of carbonyl (C=O) groups is 1. The molecule has 0 saturated carbocycles.